The number of halogens is 4. The van der Waals surface area contributed by atoms with Crippen LogP contribution in [0.1, 0.15) is 37.5 Å². The van der Waals surface area contributed by atoms with Crippen molar-refractivity contribution in [1.29, 1.82) is 0 Å². The summed E-state index contributed by atoms with van der Waals surface area (Å²) in [5.41, 5.74) is -3.20. The Kier molecular flexibility index (Phi) is 5.18. The smallest absolute Gasteiger partial charge is 0.302 e. The number of carbonyl (C=O) groups is 1. The normalized spacial score (nSPS) is 23.8. The molecule has 150 valence electrons. The second kappa shape index (κ2) is 7.04. The minimum absolute atomic E-state index is 0.302. The minimum Gasteiger partial charge on any atom is -0.359 e. The fraction of sp³-hybridized carbons (Fsp3) is 0.400. The molecule has 0 aliphatic carbocycles. The summed E-state index contributed by atoms with van der Waals surface area (Å²) in [5.74, 6) is -5.16. The molecule has 28 heavy (non-hydrogen) atoms. The zero-order valence-corrected chi connectivity index (χ0v) is 16.4. The van der Waals surface area contributed by atoms with Gasteiger partial charge in [-0.2, -0.15) is 0 Å². The Morgan fingerprint density at radius 3 is 2.50 bits per heavy atom. The molecule has 1 aromatic heterocycles. The van der Waals surface area contributed by atoms with E-state index in [2.05, 4.69) is 10.3 Å². The molecule has 0 spiro atoms. The van der Waals surface area contributed by atoms with Gasteiger partial charge in [0, 0.05) is 11.8 Å². The summed E-state index contributed by atoms with van der Waals surface area (Å²) in [6, 6.07) is 7.34. The van der Waals surface area contributed by atoms with Crippen molar-refractivity contribution >= 4 is 17.5 Å². The van der Waals surface area contributed by atoms with Crippen LogP contribution in [0.15, 0.2) is 36.5 Å². The van der Waals surface area contributed by atoms with Crippen molar-refractivity contribution < 1.29 is 22.7 Å². The van der Waals surface area contributed by atoms with Crippen molar-refractivity contribution in [2.24, 2.45) is 0 Å². The van der Waals surface area contributed by atoms with Crippen LogP contribution in [0.4, 0.5) is 13.2 Å². The molecule has 4 nitrogen and oxygen atoms in total. The lowest BCUT2D eigenvalue weighted by atomic mass is 9.77. The molecule has 0 saturated carbocycles. The highest BCUT2D eigenvalue weighted by Crippen LogP contribution is 2.48. The number of nitrogens with one attached hydrogen (secondary N) is 1. The van der Waals surface area contributed by atoms with Crippen LogP contribution >= 0.6 is 11.6 Å². The molecule has 2 aromatic rings. The Morgan fingerprint density at radius 1 is 1.18 bits per heavy atom. The van der Waals surface area contributed by atoms with Crippen LogP contribution < -0.4 is 5.32 Å². The van der Waals surface area contributed by atoms with E-state index < -0.39 is 35.4 Å². The van der Waals surface area contributed by atoms with Crippen molar-refractivity contribution in [1.82, 2.24) is 10.3 Å². The third-order valence-corrected chi connectivity index (χ3v) is 5.33. The highest BCUT2D eigenvalue weighted by Gasteiger charge is 2.64. The average molecular weight is 413 g/mol. The third kappa shape index (κ3) is 3.49. The Hall–Kier alpha value is -2.12. The van der Waals surface area contributed by atoms with Gasteiger partial charge in [0.05, 0.1) is 0 Å². The van der Waals surface area contributed by atoms with Gasteiger partial charge in [0.1, 0.15) is 28.7 Å². The largest absolute Gasteiger partial charge is 0.359 e. The molecule has 1 fully saturated rings. The third-order valence-electron chi connectivity index (χ3n) is 5.10. The minimum atomic E-state index is -3.59. The summed E-state index contributed by atoms with van der Waals surface area (Å²) in [5, 5.41) is 2.61. The molecular formula is C20H20ClF3N2O2. The molecule has 0 bridgehead atoms. The van der Waals surface area contributed by atoms with Crippen LogP contribution in [-0.4, -0.2) is 29.0 Å². The number of nitrogens with zero attached hydrogens (tertiary/aromatic N) is 1. The van der Waals surface area contributed by atoms with E-state index in [1.54, 1.807) is 18.3 Å². The fourth-order valence-corrected chi connectivity index (χ4v) is 3.49. The summed E-state index contributed by atoms with van der Waals surface area (Å²) in [7, 11) is 0. The zero-order valence-electron chi connectivity index (χ0n) is 15.7. The lowest BCUT2D eigenvalue weighted by Gasteiger charge is -2.43. The second-order valence-corrected chi connectivity index (χ2v) is 7.91. The summed E-state index contributed by atoms with van der Waals surface area (Å²) < 4.78 is 50.6. The number of pyridine rings is 1. The SMILES string of the molecule is CC1(C)OCC(=O)N[C@](C)(c2cc(Cc3ccc(Cl)nc3)ccc2F)C1(F)F. The Bertz CT molecular complexity index is 903. The maximum absolute atomic E-state index is 15.4. The van der Waals surface area contributed by atoms with E-state index >= 15 is 8.78 Å². The number of amides is 1. The van der Waals surface area contributed by atoms with Crippen LogP contribution in [0.25, 0.3) is 0 Å². The maximum atomic E-state index is 15.4. The van der Waals surface area contributed by atoms with Crippen LogP contribution in [0, 0.1) is 5.82 Å². The topological polar surface area (TPSA) is 51.2 Å². The molecular weight excluding hydrogens is 393 g/mol. The molecule has 0 unspecified atom stereocenters. The number of hydrogen-bond acceptors (Lipinski definition) is 3. The van der Waals surface area contributed by atoms with Crippen LogP contribution in [-0.2, 0) is 21.5 Å². The fourth-order valence-electron chi connectivity index (χ4n) is 3.38. The van der Waals surface area contributed by atoms with Crippen molar-refractivity contribution in [2.45, 2.75) is 44.3 Å². The maximum Gasteiger partial charge on any atom is 0.302 e. The van der Waals surface area contributed by atoms with E-state index in [-0.39, 0.29) is 5.56 Å². The lowest BCUT2D eigenvalue weighted by molar-refractivity contribution is -0.216. The molecule has 1 saturated heterocycles. The molecule has 8 heteroatoms. The second-order valence-electron chi connectivity index (χ2n) is 7.53. The molecule has 2 heterocycles. The highest BCUT2D eigenvalue weighted by molar-refractivity contribution is 6.29. The van der Waals surface area contributed by atoms with Crippen molar-refractivity contribution in [3.63, 3.8) is 0 Å². The molecule has 1 aliphatic heterocycles. The number of aromatic nitrogens is 1. The summed E-state index contributed by atoms with van der Waals surface area (Å²) >= 11 is 5.77. The molecule has 1 N–H and O–H groups in total. The first-order chi connectivity index (χ1) is 13.0. The number of hydrogen-bond donors (Lipinski definition) is 1. The van der Waals surface area contributed by atoms with Crippen LogP contribution in [0.5, 0.6) is 0 Å². The quantitative estimate of drug-likeness (QED) is 0.767. The number of ether oxygens (including phenoxy) is 1. The van der Waals surface area contributed by atoms with Gasteiger partial charge in [0.2, 0.25) is 5.91 Å². The molecule has 1 amide bonds. The highest BCUT2D eigenvalue weighted by atomic mass is 35.5. The Morgan fingerprint density at radius 2 is 1.86 bits per heavy atom. The van der Waals surface area contributed by atoms with Crippen LogP contribution in [0.2, 0.25) is 5.15 Å². The van der Waals surface area contributed by atoms with Crippen LogP contribution in [0.3, 0.4) is 0 Å². The predicted molar refractivity (Wildman–Crippen MR) is 98.9 cm³/mol. The predicted octanol–water partition coefficient (Wildman–Crippen LogP) is 4.24. The number of carbonyl (C=O) groups excluding carboxylic acids is 1. The first kappa shape index (κ1) is 20.6. The molecule has 1 aromatic carbocycles. The van der Waals surface area contributed by atoms with E-state index in [4.69, 9.17) is 16.3 Å². The van der Waals surface area contributed by atoms with E-state index in [1.807, 2.05) is 0 Å². The summed E-state index contributed by atoms with van der Waals surface area (Å²) in [4.78, 5) is 16.0. The summed E-state index contributed by atoms with van der Waals surface area (Å²) in [6.07, 6.45) is 1.90. The Labute approximate surface area is 166 Å². The Balaban J connectivity index is 2.07. The molecule has 0 radical (unpaired) electrons. The van der Waals surface area contributed by atoms with Gasteiger partial charge in [-0.05, 0) is 56.5 Å². The first-order valence-electron chi connectivity index (χ1n) is 8.68. The lowest BCUT2D eigenvalue weighted by Crippen LogP contribution is -2.62. The van der Waals surface area contributed by atoms with Crippen molar-refractivity contribution in [3.8, 4) is 0 Å². The number of alkyl halides is 2. The van der Waals surface area contributed by atoms with Crippen molar-refractivity contribution in [2.75, 3.05) is 6.61 Å². The summed E-state index contributed by atoms with van der Waals surface area (Å²) in [6.45, 7) is 2.96. The standard InChI is InChI=1S/C20H20ClF3N2O2/c1-18(2)20(23,24)19(3,26-17(27)11-28-18)14-9-12(4-6-15(14)22)8-13-5-7-16(21)25-10-13/h4-7,9-10H,8,11H2,1-3H3,(H,26,27)/t19-/m1/s1. The van der Waals surface area contributed by atoms with Crippen molar-refractivity contribution in [3.05, 3.63) is 64.2 Å². The van der Waals surface area contributed by atoms with Gasteiger partial charge in [0.15, 0.2) is 0 Å². The average Bonchev–Trinajstić information content (AvgIpc) is 2.68. The number of benzene rings is 1. The van der Waals surface area contributed by atoms with E-state index in [0.717, 1.165) is 18.6 Å². The number of rotatable bonds is 3. The first-order valence-corrected chi connectivity index (χ1v) is 9.06. The molecule has 3 rings (SSSR count). The van der Waals surface area contributed by atoms with Gasteiger partial charge in [-0.15, -0.1) is 0 Å². The van der Waals surface area contributed by atoms with Gasteiger partial charge >= 0.3 is 5.92 Å². The van der Waals surface area contributed by atoms with Gasteiger partial charge < -0.3 is 10.1 Å². The molecule has 1 atom stereocenters. The van der Waals surface area contributed by atoms with E-state index in [1.165, 1.54) is 26.0 Å². The molecule has 1 aliphatic rings. The van der Waals surface area contributed by atoms with E-state index in [0.29, 0.717) is 17.1 Å². The van der Waals surface area contributed by atoms with Gasteiger partial charge in [0.25, 0.3) is 0 Å². The monoisotopic (exact) mass is 412 g/mol. The van der Waals surface area contributed by atoms with Gasteiger partial charge in [-0.25, -0.2) is 18.2 Å². The van der Waals surface area contributed by atoms with Gasteiger partial charge in [-0.3, -0.25) is 4.79 Å². The van der Waals surface area contributed by atoms with Gasteiger partial charge in [-0.1, -0.05) is 23.7 Å². The zero-order chi connectivity index (χ0) is 20.7. The van der Waals surface area contributed by atoms with E-state index in [9.17, 15) is 9.18 Å².